The molecule has 0 unspecified atom stereocenters. The van der Waals surface area contributed by atoms with E-state index in [0.29, 0.717) is 26.4 Å². The van der Waals surface area contributed by atoms with Crippen LogP contribution in [-0.4, -0.2) is 45.4 Å². The van der Waals surface area contributed by atoms with E-state index >= 15 is 0 Å². The van der Waals surface area contributed by atoms with Crippen molar-refractivity contribution in [3.8, 4) is 0 Å². The first kappa shape index (κ1) is 15.3. The molecule has 0 bridgehead atoms. The Bertz CT molecular complexity index is 202. The highest BCUT2D eigenvalue weighted by atomic mass is 16.5. The molecule has 0 saturated carbocycles. The third-order valence-corrected chi connectivity index (χ3v) is 2.19. The van der Waals surface area contributed by atoms with E-state index in [1.54, 1.807) is 7.11 Å². The van der Waals surface area contributed by atoms with Crippen LogP contribution in [0.2, 0.25) is 0 Å². The maximum Gasteiger partial charge on any atom is 0.237 e. The van der Waals surface area contributed by atoms with Gasteiger partial charge in [-0.1, -0.05) is 20.8 Å². The number of rotatable bonds is 7. The van der Waals surface area contributed by atoms with Crippen molar-refractivity contribution in [1.82, 2.24) is 5.32 Å². The van der Waals surface area contributed by atoms with Crippen molar-refractivity contribution in [1.29, 1.82) is 0 Å². The number of carbonyl (C=O) groups is 1. The summed E-state index contributed by atoms with van der Waals surface area (Å²) in [5.74, 6) is -0.136. The predicted molar refractivity (Wildman–Crippen MR) is 63.1 cm³/mol. The molecule has 0 aliphatic rings. The summed E-state index contributed by atoms with van der Waals surface area (Å²) in [5.41, 5.74) is 5.56. The number of nitrogens with one attached hydrogen (secondary N) is 1. The summed E-state index contributed by atoms with van der Waals surface area (Å²) in [6.45, 7) is 7.87. The minimum atomic E-state index is -0.494. The number of amides is 1. The molecule has 0 rings (SSSR count). The van der Waals surface area contributed by atoms with Gasteiger partial charge >= 0.3 is 0 Å². The quantitative estimate of drug-likeness (QED) is 0.612. The van der Waals surface area contributed by atoms with Crippen molar-refractivity contribution in [2.24, 2.45) is 11.1 Å². The van der Waals surface area contributed by atoms with Gasteiger partial charge in [0.1, 0.15) is 0 Å². The summed E-state index contributed by atoms with van der Waals surface area (Å²) in [4.78, 5) is 11.6. The molecule has 0 fully saturated rings. The van der Waals surface area contributed by atoms with Crippen LogP contribution in [-0.2, 0) is 14.3 Å². The van der Waals surface area contributed by atoms with Crippen LogP contribution in [0.4, 0.5) is 0 Å². The molecule has 1 atom stereocenters. The summed E-state index contributed by atoms with van der Waals surface area (Å²) in [6, 6.07) is -0.494. The second-order valence-corrected chi connectivity index (χ2v) is 4.74. The highest BCUT2D eigenvalue weighted by Gasteiger charge is 2.26. The smallest absolute Gasteiger partial charge is 0.237 e. The molecule has 0 spiro atoms. The van der Waals surface area contributed by atoms with Crippen LogP contribution in [0.25, 0.3) is 0 Å². The van der Waals surface area contributed by atoms with Crippen molar-refractivity contribution >= 4 is 5.91 Å². The molecule has 3 N–H and O–H groups in total. The van der Waals surface area contributed by atoms with E-state index in [9.17, 15) is 4.79 Å². The van der Waals surface area contributed by atoms with Gasteiger partial charge in [0.2, 0.25) is 5.91 Å². The first-order valence-corrected chi connectivity index (χ1v) is 5.49. The topological polar surface area (TPSA) is 73.6 Å². The number of hydrogen-bond donors (Lipinski definition) is 2. The lowest BCUT2D eigenvalue weighted by Crippen LogP contribution is -2.49. The maximum absolute atomic E-state index is 11.6. The lowest BCUT2D eigenvalue weighted by Gasteiger charge is -2.25. The van der Waals surface area contributed by atoms with Gasteiger partial charge in [-0.15, -0.1) is 0 Å². The Morgan fingerprint density at radius 3 is 2.44 bits per heavy atom. The average Bonchev–Trinajstić information content (AvgIpc) is 2.20. The first-order valence-electron chi connectivity index (χ1n) is 5.49. The third-order valence-electron chi connectivity index (χ3n) is 2.19. The molecule has 5 heteroatoms. The molecule has 0 aromatic rings. The zero-order valence-corrected chi connectivity index (χ0v) is 10.7. The number of methoxy groups -OCH3 is 1. The fraction of sp³-hybridized carbons (Fsp3) is 0.909. The first-order chi connectivity index (χ1) is 7.39. The Morgan fingerprint density at radius 1 is 1.31 bits per heavy atom. The Morgan fingerprint density at radius 2 is 1.94 bits per heavy atom. The van der Waals surface area contributed by atoms with Crippen molar-refractivity contribution in [3.05, 3.63) is 0 Å². The van der Waals surface area contributed by atoms with E-state index in [1.165, 1.54) is 0 Å². The predicted octanol–water partition coefficient (Wildman–Crippen LogP) is 0.139. The maximum atomic E-state index is 11.6. The number of hydrogen-bond acceptors (Lipinski definition) is 4. The van der Waals surface area contributed by atoms with Gasteiger partial charge in [0.15, 0.2) is 0 Å². The molecule has 1 amide bonds. The average molecular weight is 232 g/mol. The van der Waals surface area contributed by atoms with Crippen molar-refractivity contribution in [3.63, 3.8) is 0 Å². The monoisotopic (exact) mass is 232 g/mol. The van der Waals surface area contributed by atoms with Crippen LogP contribution in [0.5, 0.6) is 0 Å². The van der Waals surface area contributed by atoms with E-state index in [-0.39, 0.29) is 11.3 Å². The molecule has 5 nitrogen and oxygen atoms in total. The zero-order chi connectivity index (χ0) is 12.6. The van der Waals surface area contributed by atoms with Crippen LogP contribution in [0, 0.1) is 5.41 Å². The highest BCUT2D eigenvalue weighted by molar-refractivity contribution is 5.82. The minimum Gasteiger partial charge on any atom is -0.382 e. The molecule has 96 valence electrons. The van der Waals surface area contributed by atoms with Crippen LogP contribution in [0.3, 0.4) is 0 Å². The number of nitrogens with two attached hydrogens (primary N) is 1. The van der Waals surface area contributed by atoms with Crippen LogP contribution >= 0.6 is 0 Å². The molecule has 0 aromatic carbocycles. The van der Waals surface area contributed by atoms with Gasteiger partial charge in [-0.25, -0.2) is 0 Å². The van der Waals surface area contributed by atoms with E-state index < -0.39 is 6.04 Å². The molecule has 0 saturated heterocycles. The van der Waals surface area contributed by atoms with Gasteiger partial charge in [0.25, 0.3) is 0 Å². The summed E-state index contributed by atoms with van der Waals surface area (Å²) in [6.07, 6.45) is 0. The van der Waals surface area contributed by atoms with Crippen molar-refractivity contribution in [2.45, 2.75) is 26.8 Å². The number of ether oxygens (including phenoxy) is 2. The summed E-state index contributed by atoms with van der Waals surface area (Å²) in [5, 5.41) is 2.74. The van der Waals surface area contributed by atoms with Gasteiger partial charge in [-0.2, -0.15) is 0 Å². The van der Waals surface area contributed by atoms with E-state index in [0.717, 1.165) is 0 Å². The molecule has 16 heavy (non-hydrogen) atoms. The lowest BCUT2D eigenvalue weighted by atomic mass is 9.87. The lowest BCUT2D eigenvalue weighted by molar-refractivity contribution is -0.124. The van der Waals surface area contributed by atoms with E-state index in [2.05, 4.69) is 5.32 Å². The second-order valence-electron chi connectivity index (χ2n) is 4.74. The summed E-state index contributed by atoms with van der Waals surface area (Å²) >= 11 is 0. The van der Waals surface area contributed by atoms with Crippen LogP contribution in [0.15, 0.2) is 0 Å². The SMILES string of the molecule is COCCOCCNC(=O)[C@H](N)C(C)(C)C. The van der Waals surface area contributed by atoms with Crippen molar-refractivity contribution < 1.29 is 14.3 Å². The minimum absolute atomic E-state index is 0.136. The standard InChI is InChI=1S/C11H24N2O3/c1-11(2,3)9(12)10(14)13-5-6-16-8-7-15-4/h9H,5-8,12H2,1-4H3,(H,13,14)/t9-/m0/s1. The fourth-order valence-electron chi connectivity index (χ4n) is 0.994. The van der Waals surface area contributed by atoms with Crippen molar-refractivity contribution in [2.75, 3.05) is 33.5 Å². The van der Waals surface area contributed by atoms with Gasteiger partial charge in [-0.3, -0.25) is 4.79 Å². The third kappa shape index (κ3) is 6.76. The van der Waals surface area contributed by atoms with E-state index in [4.69, 9.17) is 15.2 Å². The fourth-order valence-corrected chi connectivity index (χ4v) is 0.994. The van der Waals surface area contributed by atoms with Crippen LogP contribution in [0.1, 0.15) is 20.8 Å². The Hall–Kier alpha value is -0.650. The Labute approximate surface area is 97.7 Å². The van der Waals surface area contributed by atoms with E-state index in [1.807, 2.05) is 20.8 Å². The van der Waals surface area contributed by atoms with Gasteiger partial charge < -0.3 is 20.5 Å². The normalized spacial score (nSPS) is 13.6. The molecular formula is C11H24N2O3. The number of carbonyl (C=O) groups excluding carboxylic acids is 1. The molecular weight excluding hydrogens is 208 g/mol. The highest BCUT2D eigenvalue weighted by Crippen LogP contribution is 2.16. The molecule has 0 aromatic heterocycles. The zero-order valence-electron chi connectivity index (χ0n) is 10.7. The van der Waals surface area contributed by atoms with Gasteiger partial charge in [0.05, 0.1) is 25.9 Å². The summed E-state index contributed by atoms with van der Waals surface area (Å²) < 4.78 is 10.0. The van der Waals surface area contributed by atoms with Gasteiger partial charge in [-0.05, 0) is 5.41 Å². The molecule has 0 heterocycles. The molecule has 0 aliphatic heterocycles. The second kappa shape index (κ2) is 7.60. The Balaban J connectivity index is 3.58. The molecule has 0 radical (unpaired) electrons. The molecule has 0 aliphatic carbocycles. The van der Waals surface area contributed by atoms with Crippen LogP contribution < -0.4 is 11.1 Å². The largest absolute Gasteiger partial charge is 0.382 e. The van der Waals surface area contributed by atoms with Gasteiger partial charge in [0, 0.05) is 13.7 Å². The Kier molecular flexibility index (Phi) is 7.29. The summed E-state index contributed by atoms with van der Waals surface area (Å²) in [7, 11) is 1.62.